The number of hydrogen-bond donors (Lipinski definition) is 2. The highest BCUT2D eigenvalue weighted by Gasteiger charge is 2.14. The Morgan fingerprint density at radius 2 is 1.71 bits per heavy atom. The minimum atomic E-state index is -3.68. The van der Waals surface area contributed by atoms with Crippen LogP contribution in [0.25, 0.3) is 0 Å². The average Bonchev–Trinajstić information content (AvgIpc) is 2.54. The number of halogens is 2. The molecule has 0 spiro atoms. The molecule has 5 nitrogen and oxygen atoms in total. The van der Waals surface area contributed by atoms with Gasteiger partial charge in [-0.2, -0.15) is 0 Å². The van der Waals surface area contributed by atoms with Gasteiger partial charge in [0.1, 0.15) is 0 Å². The summed E-state index contributed by atoms with van der Waals surface area (Å²) in [6.07, 6.45) is 0.0351. The van der Waals surface area contributed by atoms with Gasteiger partial charge in [0.15, 0.2) is 0 Å². The molecule has 0 aliphatic heterocycles. The smallest absolute Gasteiger partial charge is 0.240 e. The molecule has 0 atom stereocenters. The number of sulfonamides is 1. The summed E-state index contributed by atoms with van der Waals surface area (Å²) in [4.78, 5) is 11.8. The molecule has 2 aromatic rings. The van der Waals surface area contributed by atoms with Crippen LogP contribution in [0.4, 0.5) is 0 Å². The fraction of sp³-hybridized carbons (Fsp3) is 0.188. The Hall–Kier alpha value is -1.60. The third-order valence-corrected chi connectivity index (χ3v) is 5.10. The maximum atomic E-state index is 12.1. The first-order valence-electron chi connectivity index (χ1n) is 7.13. The van der Waals surface area contributed by atoms with E-state index in [4.69, 9.17) is 23.2 Å². The summed E-state index contributed by atoms with van der Waals surface area (Å²) in [5, 5.41) is 3.67. The van der Waals surface area contributed by atoms with Gasteiger partial charge in [-0.25, -0.2) is 13.1 Å². The Bertz CT molecular complexity index is 808. The standard InChI is InChI=1S/C16H16Cl2N2O3S/c17-13-6-4-12(5-7-13)11-19-16(21)8-9-20-24(22,23)15-3-1-2-14(18)10-15/h1-7,10,20H,8-9,11H2,(H,19,21). The average molecular weight is 387 g/mol. The van der Waals surface area contributed by atoms with Crippen LogP contribution in [0.5, 0.6) is 0 Å². The van der Waals surface area contributed by atoms with E-state index in [1.165, 1.54) is 12.1 Å². The van der Waals surface area contributed by atoms with Crippen LogP contribution in [0.15, 0.2) is 53.4 Å². The van der Waals surface area contributed by atoms with E-state index in [9.17, 15) is 13.2 Å². The zero-order valence-corrected chi connectivity index (χ0v) is 15.0. The summed E-state index contributed by atoms with van der Waals surface area (Å²) in [7, 11) is -3.68. The van der Waals surface area contributed by atoms with E-state index in [1.54, 1.807) is 24.3 Å². The van der Waals surface area contributed by atoms with Gasteiger partial charge in [0, 0.05) is 29.6 Å². The lowest BCUT2D eigenvalue weighted by Gasteiger charge is -2.08. The minimum absolute atomic E-state index is 0.00129. The lowest BCUT2D eigenvalue weighted by Crippen LogP contribution is -2.30. The first-order valence-corrected chi connectivity index (χ1v) is 9.37. The summed E-state index contributed by atoms with van der Waals surface area (Å²) < 4.78 is 26.5. The molecule has 8 heteroatoms. The molecule has 0 aliphatic carbocycles. The van der Waals surface area contributed by atoms with Crippen molar-refractivity contribution in [1.29, 1.82) is 0 Å². The van der Waals surface area contributed by atoms with Crippen molar-refractivity contribution in [1.82, 2.24) is 10.0 Å². The predicted molar refractivity (Wildman–Crippen MR) is 94.6 cm³/mol. The molecule has 0 fully saturated rings. The zero-order valence-electron chi connectivity index (χ0n) is 12.6. The fourth-order valence-corrected chi connectivity index (χ4v) is 3.37. The second kappa shape index (κ2) is 8.48. The number of nitrogens with one attached hydrogen (secondary N) is 2. The lowest BCUT2D eigenvalue weighted by atomic mass is 10.2. The van der Waals surface area contributed by atoms with E-state index in [0.717, 1.165) is 5.56 Å². The molecule has 2 aromatic carbocycles. The van der Waals surface area contributed by atoms with Crippen molar-refractivity contribution in [3.05, 3.63) is 64.1 Å². The van der Waals surface area contributed by atoms with E-state index < -0.39 is 10.0 Å². The second-order valence-electron chi connectivity index (χ2n) is 5.01. The van der Waals surface area contributed by atoms with E-state index in [2.05, 4.69) is 10.0 Å². The molecule has 0 radical (unpaired) electrons. The molecule has 0 unspecified atom stereocenters. The van der Waals surface area contributed by atoms with Crippen LogP contribution in [0, 0.1) is 0 Å². The van der Waals surface area contributed by atoms with Gasteiger partial charge in [-0.15, -0.1) is 0 Å². The third kappa shape index (κ3) is 5.79. The topological polar surface area (TPSA) is 75.3 Å². The summed E-state index contributed by atoms with van der Waals surface area (Å²) in [5.74, 6) is -0.251. The van der Waals surface area contributed by atoms with Gasteiger partial charge in [0.25, 0.3) is 0 Å². The second-order valence-corrected chi connectivity index (χ2v) is 7.65. The Kier molecular flexibility index (Phi) is 6.62. The van der Waals surface area contributed by atoms with Gasteiger partial charge in [0.05, 0.1) is 4.90 Å². The van der Waals surface area contributed by atoms with Gasteiger partial charge in [0.2, 0.25) is 15.9 Å². The zero-order chi connectivity index (χ0) is 17.6. The summed E-state index contributed by atoms with van der Waals surface area (Å²) in [6, 6.07) is 13.0. The summed E-state index contributed by atoms with van der Waals surface area (Å²) >= 11 is 11.6. The molecule has 24 heavy (non-hydrogen) atoms. The molecule has 2 rings (SSSR count). The molecule has 0 aliphatic rings. The van der Waals surface area contributed by atoms with Crippen LogP contribution in [-0.2, 0) is 21.4 Å². The number of carbonyl (C=O) groups is 1. The van der Waals surface area contributed by atoms with Crippen LogP contribution in [-0.4, -0.2) is 20.9 Å². The van der Waals surface area contributed by atoms with E-state index in [1.807, 2.05) is 12.1 Å². The third-order valence-electron chi connectivity index (χ3n) is 3.15. The highest BCUT2D eigenvalue weighted by Crippen LogP contribution is 2.15. The number of amides is 1. The number of carbonyl (C=O) groups excluding carboxylic acids is 1. The van der Waals surface area contributed by atoms with Crippen LogP contribution >= 0.6 is 23.2 Å². The van der Waals surface area contributed by atoms with E-state index in [-0.39, 0.29) is 23.8 Å². The molecule has 128 valence electrons. The molecule has 0 saturated carbocycles. The van der Waals surface area contributed by atoms with Crippen LogP contribution in [0.3, 0.4) is 0 Å². The molecule has 0 heterocycles. The fourth-order valence-electron chi connectivity index (χ4n) is 1.91. The van der Waals surface area contributed by atoms with Crippen LogP contribution < -0.4 is 10.0 Å². The van der Waals surface area contributed by atoms with Crippen LogP contribution in [0.2, 0.25) is 10.0 Å². The minimum Gasteiger partial charge on any atom is -0.352 e. The van der Waals surface area contributed by atoms with Crippen molar-refractivity contribution in [3.63, 3.8) is 0 Å². The van der Waals surface area contributed by atoms with E-state index in [0.29, 0.717) is 16.6 Å². The van der Waals surface area contributed by atoms with E-state index >= 15 is 0 Å². The molecule has 2 N–H and O–H groups in total. The lowest BCUT2D eigenvalue weighted by molar-refractivity contribution is -0.121. The number of benzene rings is 2. The monoisotopic (exact) mass is 386 g/mol. The van der Waals surface area contributed by atoms with Crippen molar-refractivity contribution < 1.29 is 13.2 Å². The predicted octanol–water partition coefficient (Wildman–Crippen LogP) is 2.98. The first kappa shape index (κ1) is 18.7. The molecular formula is C16H16Cl2N2O3S. The maximum Gasteiger partial charge on any atom is 0.240 e. The SMILES string of the molecule is O=C(CCNS(=O)(=O)c1cccc(Cl)c1)NCc1ccc(Cl)cc1. The van der Waals surface area contributed by atoms with Crippen molar-refractivity contribution >= 4 is 39.1 Å². The highest BCUT2D eigenvalue weighted by atomic mass is 35.5. The quantitative estimate of drug-likeness (QED) is 0.767. The Balaban J connectivity index is 1.78. The molecule has 0 saturated heterocycles. The van der Waals surface area contributed by atoms with Crippen molar-refractivity contribution in [3.8, 4) is 0 Å². The molecule has 1 amide bonds. The summed E-state index contributed by atoms with van der Waals surface area (Å²) in [5.41, 5.74) is 0.909. The Morgan fingerprint density at radius 3 is 2.38 bits per heavy atom. The van der Waals surface area contributed by atoms with Gasteiger partial charge in [-0.3, -0.25) is 4.79 Å². The normalized spacial score (nSPS) is 11.2. The molecule has 0 aromatic heterocycles. The molecular weight excluding hydrogens is 371 g/mol. The van der Waals surface area contributed by atoms with Gasteiger partial charge < -0.3 is 5.32 Å². The van der Waals surface area contributed by atoms with Gasteiger partial charge >= 0.3 is 0 Å². The highest BCUT2D eigenvalue weighted by molar-refractivity contribution is 7.89. The Morgan fingerprint density at radius 1 is 1.00 bits per heavy atom. The van der Waals surface area contributed by atoms with Crippen LogP contribution in [0.1, 0.15) is 12.0 Å². The number of rotatable bonds is 7. The van der Waals surface area contributed by atoms with Crippen molar-refractivity contribution in [2.45, 2.75) is 17.9 Å². The van der Waals surface area contributed by atoms with Gasteiger partial charge in [-0.05, 0) is 35.9 Å². The summed E-state index contributed by atoms with van der Waals surface area (Å²) in [6.45, 7) is 0.359. The van der Waals surface area contributed by atoms with Crippen molar-refractivity contribution in [2.24, 2.45) is 0 Å². The molecule has 0 bridgehead atoms. The number of hydrogen-bond acceptors (Lipinski definition) is 3. The van der Waals surface area contributed by atoms with Crippen molar-refractivity contribution in [2.75, 3.05) is 6.54 Å². The van der Waals surface area contributed by atoms with Gasteiger partial charge in [-0.1, -0.05) is 41.4 Å². The first-order chi connectivity index (χ1) is 11.4. The largest absolute Gasteiger partial charge is 0.352 e. The maximum absolute atomic E-state index is 12.1. The Labute approximate surface area is 151 Å².